The maximum Gasteiger partial charge on any atom is 0.112 e. The predicted octanol–water partition coefficient (Wildman–Crippen LogP) is 2.93. The first-order valence-electron chi connectivity index (χ1n) is 4.49. The highest BCUT2D eigenvalue weighted by atomic mass is 16.6. The van der Waals surface area contributed by atoms with Gasteiger partial charge in [-0.25, -0.2) is 0 Å². The topological polar surface area (TPSA) is 12.5 Å². The van der Waals surface area contributed by atoms with Gasteiger partial charge in [0, 0.05) is 0 Å². The number of rotatable bonds is 2. The Morgan fingerprint density at radius 1 is 1.33 bits per heavy atom. The molecule has 1 heterocycles. The molecule has 1 aromatic carbocycles. The van der Waals surface area contributed by atoms with E-state index in [2.05, 4.69) is 38.1 Å². The molecule has 64 valence electrons. The van der Waals surface area contributed by atoms with Crippen LogP contribution in [-0.2, 0) is 4.74 Å². The first kappa shape index (κ1) is 7.81. The number of ether oxygens (including phenoxy) is 1. The highest BCUT2D eigenvalue weighted by molar-refractivity contribution is 5.25. The van der Waals surface area contributed by atoms with Gasteiger partial charge in [0.05, 0.1) is 5.60 Å². The summed E-state index contributed by atoms with van der Waals surface area (Å²) >= 11 is 0. The average Bonchev–Trinajstić information content (AvgIpc) is 2.81. The Labute approximate surface area is 73.4 Å². The second kappa shape index (κ2) is 2.60. The van der Waals surface area contributed by atoms with Gasteiger partial charge in [0.1, 0.15) is 6.10 Å². The fourth-order valence-corrected chi connectivity index (χ4v) is 1.55. The lowest BCUT2D eigenvalue weighted by Gasteiger charge is -2.00. The molecule has 2 rings (SSSR count). The van der Waals surface area contributed by atoms with E-state index in [1.807, 2.05) is 6.07 Å². The lowest BCUT2D eigenvalue weighted by molar-refractivity contribution is 0.303. The molecule has 2 atom stereocenters. The molecule has 0 saturated carbocycles. The third kappa shape index (κ3) is 1.14. The van der Waals surface area contributed by atoms with Crippen molar-refractivity contribution in [2.75, 3.05) is 0 Å². The van der Waals surface area contributed by atoms with Crippen molar-refractivity contribution in [2.24, 2.45) is 0 Å². The van der Waals surface area contributed by atoms with Crippen LogP contribution in [0.4, 0.5) is 0 Å². The molecule has 0 aromatic heterocycles. The summed E-state index contributed by atoms with van der Waals surface area (Å²) in [4.78, 5) is 0. The standard InChI is InChI=1S/C11H14O/c1-3-11(2)10(12-11)9-7-5-4-6-8-9/h4-8,10H,3H2,1-2H3. The fourth-order valence-electron chi connectivity index (χ4n) is 1.55. The van der Waals surface area contributed by atoms with E-state index in [0.29, 0.717) is 6.10 Å². The summed E-state index contributed by atoms with van der Waals surface area (Å²) in [5, 5.41) is 0. The van der Waals surface area contributed by atoms with E-state index in [9.17, 15) is 0 Å². The molecule has 1 aliphatic heterocycles. The van der Waals surface area contributed by atoms with Crippen molar-refractivity contribution < 1.29 is 4.74 Å². The Morgan fingerprint density at radius 2 is 2.00 bits per heavy atom. The molecular formula is C11H14O. The van der Waals surface area contributed by atoms with E-state index in [1.165, 1.54) is 5.56 Å². The van der Waals surface area contributed by atoms with E-state index < -0.39 is 0 Å². The second-order valence-corrected chi connectivity index (χ2v) is 3.57. The van der Waals surface area contributed by atoms with Crippen LogP contribution in [-0.4, -0.2) is 5.60 Å². The Balaban J connectivity index is 2.16. The molecule has 1 heteroatoms. The molecule has 1 saturated heterocycles. The van der Waals surface area contributed by atoms with Gasteiger partial charge in [-0.2, -0.15) is 0 Å². The van der Waals surface area contributed by atoms with Gasteiger partial charge < -0.3 is 4.74 Å². The van der Waals surface area contributed by atoms with Crippen molar-refractivity contribution in [1.82, 2.24) is 0 Å². The Kier molecular flexibility index (Phi) is 1.69. The minimum absolute atomic E-state index is 0.112. The largest absolute Gasteiger partial charge is 0.361 e. The summed E-state index contributed by atoms with van der Waals surface area (Å²) in [5.41, 5.74) is 1.42. The van der Waals surface area contributed by atoms with Crippen LogP contribution in [0.5, 0.6) is 0 Å². The predicted molar refractivity (Wildman–Crippen MR) is 49.0 cm³/mol. The average molecular weight is 162 g/mol. The van der Waals surface area contributed by atoms with E-state index in [1.54, 1.807) is 0 Å². The summed E-state index contributed by atoms with van der Waals surface area (Å²) in [6, 6.07) is 10.4. The summed E-state index contributed by atoms with van der Waals surface area (Å²) in [6.07, 6.45) is 1.43. The molecule has 0 spiro atoms. The molecule has 1 nitrogen and oxygen atoms in total. The highest BCUT2D eigenvalue weighted by Crippen LogP contribution is 2.51. The van der Waals surface area contributed by atoms with Gasteiger partial charge in [0.15, 0.2) is 0 Å². The van der Waals surface area contributed by atoms with Crippen LogP contribution in [0.2, 0.25) is 0 Å². The number of benzene rings is 1. The molecular weight excluding hydrogens is 148 g/mol. The Bertz CT molecular complexity index is 268. The first-order chi connectivity index (χ1) is 5.76. The smallest absolute Gasteiger partial charge is 0.112 e. The van der Waals surface area contributed by atoms with Gasteiger partial charge in [-0.3, -0.25) is 0 Å². The molecule has 1 aromatic rings. The van der Waals surface area contributed by atoms with Gasteiger partial charge in [-0.15, -0.1) is 0 Å². The van der Waals surface area contributed by atoms with Crippen LogP contribution in [0.25, 0.3) is 0 Å². The van der Waals surface area contributed by atoms with E-state index in [-0.39, 0.29) is 5.60 Å². The SMILES string of the molecule is CCC1(C)OC1c1ccccc1. The lowest BCUT2D eigenvalue weighted by Crippen LogP contribution is -2.02. The monoisotopic (exact) mass is 162 g/mol. The van der Waals surface area contributed by atoms with Gasteiger partial charge in [0.2, 0.25) is 0 Å². The number of hydrogen-bond acceptors (Lipinski definition) is 1. The third-order valence-corrected chi connectivity index (χ3v) is 2.69. The van der Waals surface area contributed by atoms with E-state index in [0.717, 1.165) is 6.42 Å². The van der Waals surface area contributed by atoms with Crippen LogP contribution >= 0.6 is 0 Å². The Morgan fingerprint density at radius 3 is 2.50 bits per heavy atom. The molecule has 0 N–H and O–H groups in total. The maximum absolute atomic E-state index is 5.64. The first-order valence-corrected chi connectivity index (χ1v) is 4.49. The van der Waals surface area contributed by atoms with Gasteiger partial charge in [0.25, 0.3) is 0 Å². The van der Waals surface area contributed by atoms with Crippen LogP contribution in [0, 0.1) is 0 Å². The van der Waals surface area contributed by atoms with E-state index in [4.69, 9.17) is 4.74 Å². The lowest BCUT2D eigenvalue weighted by atomic mass is 9.99. The van der Waals surface area contributed by atoms with Crippen LogP contribution in [0.1, 0.15) is 31.9 Å². The summed E-state index contributed by atoms with van der Waals surface area (Å²) in [6.45, 7) is 4.34. The Hall–Kier alpha value is -0.820. The summed E-state index contributed by atoms with van der Waals surface area (Å²) < 4.78 is 5.64. The van der Waals surface area contributed by atoms with Crippen molar-refractivity contribution in [3.05, 3.63) is 35.9 Å². The molecule has 0 radical (unpaired) electrons. The fraction of sp³-hybridized carbons (Fsp3) is 0.455. The minimum Gasteiger partial charge on any atom is -0.361 e. The second-order valence-electron chi connectivity index (χ2n) is 3.57. The molecule has 12 heavy (non-hydrogen) atoms. The van der Waals surface area contributed by atoms with Crippen LogP contribution < -0.4 is 0 Å². The zero-order valence-corrected chi connectivity index (χ0v) is 7.58. The molecule has 2 unspecified atom stereocenters. The van der Waals surface area contributed by atoms with Gasteiger partial charge in [-0.05, 0) is 18.9 Å². The molecule has 1 fully saturated rings. The normalized spacial score (nSPS) is 33.3. The maximum atomic E-state index is 5.64. The molecule has 0 aliphatic carbocycles. The zero-order valence-electron chi connectivity index (χ0n) is 7.58. The highest BCUT2D eigenvalue weighted by Gasteiger charge is 2.51. The molecule has 0 amide bonds. The minimum atomic E-state index is 0.112. The quantitative estimate of drug-likeness (QED) is 0.609. The van der Waals surface area contributed by atoms with Gasteiger partial charge >= 0.3 is 0 Å². The summed E-state index contributed by atoms with van der Waals surface area (Å²) in [5.74, 6) is 0. The molecule has 0 bridgehead atoms. The van der Waals surface area contributed by atoms with Crippen molar-refractivity contribution in [1.29, 1.82) is 0 Å². The number of epoxide rings is 1. The van der Waals surface area contributed by atoms with Crippen LogP contribution in [0.3, 0.4) is 0 Å². The van der Waals surface area contributed by atoms with E-state index >= 15 is 0 Å². The molecule has 1 aliphatic rings. The van der Waals surface area contributed by atoms with Crippen molar-refractivity contribution in [2.45, 2.75) is 32.0 Å². The van der Waals surface area contributed by atoms with Crippen molar-refractivity contribution in [3.8, 4) is 0 Å². The zero-order chi connectivity index (χ0) is 8.60. The third-order valence-electron chi connectivity index (χ3n) is 2.69. The van der Waals surface area contributed by atoms with Crippen molar-refractivity contribution in [3.63, 3.8) is 0 Å². The van der Waals surface area contributed by atoms with Crippen molar-refractivity contribution >= 4 is 0 Å². The van der Waals surface area contributed by atoms with Crippen LogP contribution in [0.15, 0.2) is 30.3 Å². The number of hydrogen-bond donors (Lipinski definition) is 0. The summed E-state index contributed by atoms with van der Waals surface area (Å²) in [7, 11) is 0. The van der Waals surface area contributed by atoms with Gasteiger partial charge in [-0.1, -0.05) is 37.3 Å².